The highest BCUT2D eigenvalue weighted by Gasteiger charge is 2.11. The minimum absolute atomic E-state index is 0.395. The molecule has 19 heavy (non-hydrogen) atoms. The van der Waals surface area contributed by atoms with Crippen molar-refractivity contribution in [2.45, 2.75) is 25.9 Å². The molecular formula is C15H13Cl2NO. The summed E-state index contributed by atoms with van der Waals surface area (Å²) >= 11 is 11.8. The molecule has 0 spiro atoms. The zero-order chi connectivity index (χ0) is 13.2. The van der Waals surface area contributed by atoms with Crippen LogP contribution in [0.3, 0.4) is 0 Å². The summed E-state index contributed by atoms with van der Waals surface area (Å²) < 4.78 is 5.77. The maximum Gasteiger partial charge on any atom is 0.137 e. The molecule has 1 aliphatic carbocycles. The Balaban J connectivity index is 1.72. The Bertz CT molecular complexity index is 613. The number of aromatic nitrogens is 1. The van der Waals surface area contributed by atoms with E-state index >= 15 is 0 Å². The van der Waals surface area contributed by atoms with Gasteiger partial charge in [-0.05, 0) is 54.7 Å². The molecule has 0 radical (unpaired) electrons. The van der Waals surface area contributed by atoms with E-state index < -0.39 is 0 Å². The molecule has 0 amide bonds. The molecule has 0 saturated carbocycles. The number of hydrogen-bond acceptors (Lipinski definition) is 2. The lowest BCUT2D eigenvalue weighted by atomic mass is 10.1. The van der Waals surface area contributed by atoms with Crippen molar-refractivity contribution in [3.63, 3.8) is 0 Å². The molecule has 0 fully saturated rings. The number of pyridine rings is 1. The summed E-state index contributed by atoms with van der Waals surface area (Å²) in [4.78, 5) is 3.99. The van der Waals surface area contributed by atoms with E-state index in [4.69, 9.17) is 27.9 Å². The molecule has 1 aromatic heterocycles. The normalized spacial score (nSPS) is 13.4. The molecule has 1 aromatic carbocycles. The van der Waals surface area contributed by atoms with Gasteiger partial charge in [-0.3, -0.25) is 0 Å². The van der Waals surface area contributed by atoms with Gasteiger partial charge in [0, 0.05) is 5.56 Å². The molecule has 1 aliphatic rings. The van der Waals surface area contributed by atoms with E-state index in [1.165, 1.54) is 24.0 Å². The van der Waals surface area contributed by atoms with Crippen LogP contribution in [0.5, 0.6) is 5.75 Å². The lowest BCUT2D eigenvalue weighted by Crippen LogP contribution is -1.98. The Labute approximate surface area is 122 Å². The molecule has 0 aliphatic heterocycles. The third-order valence-corrected chi connectivity index (χ3v) is 3.89. The molecule has 2 aromatic rings. The maximum absolute atomic E-state index is 6.01. The van der Waals surface area contributed by atoms with Crippen LogP contribution in [0.4, 0.5) is 0 Å². The first kappa shape index (κ1) is 12.8. The summed E-state index contributed by atoms with van der Waals surface area (Å²) in [6, 6.07) is 9.85. The monoisotopic (exact) mass is 293 g/mol. The van der Waals surface area contributed by atoms with Gasteiger partial charge in [-0.25, -0.2) is 4.98 Å². The van der Waals surface area contributed by atoms with E-state index in [0.717, 1.165) is 17.7 Å². The highest BCUT2D eigenvalue weighted by molar-refractivity contribution is 6.32. The molecule has 98 valence electrons. The maximum atomic E-state index is 6.01. The molecule has 0 bridgehead atoms. The van der Waals surface area contributed by atoms with Crippen molar-refractivity contribution in [3.8, 4) is 5.75 Å². The summed E-state index contributed by atoms with van der Waals surface area (Å²) in [6.45, 7) is 0.405. The topological polar surface area (TPSA) is 22.1 Å². The van der Waals surface area contributed by atoms with Gasteiger partial charge < -0.3 is 4.74 Å². The van der Waals surface area contributed by atoms with E-state index in [1.54, 1.807) is 6.07 Å². The summed E-state index contributed by atoms with van der Waals surface area (Å²) in [5.41, 5.74) is 3.68. The van der Waals surface area contributed by atoms with Gasteiger partial charge >= 0.3 is 0 Å². The van der Waals surface area contributed by atoms with Crippen LogP contribution < -0.4 is 4.74 Å². The predicted octanol–water partition coefficient (Wildman–Crippen LogP) is 4.46. The third kappa shape index (κ3) is 2.85. The minimum Gasteiger partial charge on any atom is -0.489 e. The van der Waals surface area contributed by atoms with E-state index in [0.29, 0.717) is 16.9 Å². The van der Waals surface area contributed by atoms with E-state index in [1.807, 2.05) is 12.1 Å². The average molecular weight is 294 g/mol. The molecule has 1 heterocycles. The second kappa shape index (κ2) is 5.40. The zero-order valence-electron chi connectivity index (χ0n) is 10.3. The van der Waals surface area contributed by atoms with Gasteiger partial charge in [0.2, 0.25) is 0 Å². The lowest BCUT2D eigenvalue weighted by molar-refractivity contribution is 0.305. The molecule has 4 heteroatoms. The second-order valence-electron chi connectivity index (χ2n) is 4.66. The van der Waals surface area contributed by atoms with Crippen molar-refractivity contribution < 1.29 is 4.74 Å². The van der Waals surface area contributed by atoms with E-state index in [2.05, 4.69) is 17.1 Å². The van der Waals surface area contributed by atoms with Crippen molar-refractivity contribution in [2.24, 2.45) is 0 Å². The minimum atomic E-state index is 0.395. The van der Waals surface area contributed by atoms with Crippen LogP contribution >= 0.6 is 23.2 Å². The number of hydrogen-bond donors (Lipinski definition) is 0. The first-order valence-electron chi connectivity index (χ1n) is 6.28. The number of nitrogens with zero attached hydrogens (tertiary/aromatic N) is 1. The van der Waals surface area contributed by atoms with Gasteiger partial charge in [0.1, 0.15) is 22.7 Å². The summed E-state index contributed by atoms with van der Waals surface area (Å²) in [5, 5.41) is 0.792. The first-order valence-corrected chi connectivity index (χ1v) is 7.03. The van der Waals surface area contributed by atoms with Crippen LogP contribution in [0.25, 0.3) is 0 Å². The number of halogens is 2. The fourth-order valence-electron chi connectivity index (χ4n) is 2.35. The highest BCUT2D eigenvalue weighted by Crippen LogP contribution is 2.27. The Kier molecular flexibility index (Phi) is 3.63. The summed E-state index contributed by atoms with van der Waals surface area (Å²) in [7, 11) is 0. The largest absolute Gasteiger partial charge is 0.489 e. The average Bonchev–Trinajstić information content (AvgIpc) is 2.85. The van der Waals surface area contributed by atoms with Gasteiger partial charge in [-0.1, -0.05) is 29.3 Å². The fraction of sp³-hybridized carbons (Fsp3) is 0.267. The van der Waals surface area contributed by atoms with Gasteiger partial charge in [0.05, 0.1) is 0 Å². The predicted molar refractivity (Wildman–Crippen MR) is 77.1 cm³/mol. The second-order valence-corrected chi connectivity index (χ2v) is 5.40. The van der Waals surface area contributed by atoms with Crippen molar-refractivity contribution in [3.05, 3.63) is 57.3 Å². The highest BCUT2D eigenvalue weighted by atomic mass is 35.5. The third-order valence-electron chi connectivity index (χ3n) is 3.36. The van der Waals surface area contributed by atoms with E-state index in [9.17, 15) is 0 Å². The van der Waals surface area contributed by atoms with Crippen LogP contribution in [0, 0.1) is 0 Å². The Morgan fingerprint density at radius 1 is 1.05 bits per heavy atom. The van der Waals surface area contributed by atoms with Crippen molar-refractivity contribution in [2.75, 3.05) is 0 Å². The van der Waals surface area contributed by atoms with Crippen LogP contribution in [0.15, 0.2) is 30.3 Å². The van der Waals surface area contributed by atoms with Crippen molar-refractivity contribution in [1.29, 1.82) is 0 Å². The van der Waals surface area contributed by atoms with Gasteiger partial charge in [-0.2, -0.15) is 0 Å². The Morgan fingerprint density at radius 3 is 2.74 bits per heavy atom. The van der Waals surface area contributed by atoms with Gasteiger partial charge in [0.15, 0.2) is 0 Å². The molecular weight excluding hydrogens is 281 g/mol. The molecule has 0 N–H and O–H groups in total. The Morgan fingerprint density at radius 2 is 1.89 bits per heavy atom. The van der Waals surface area contributed by atoms with Gasteiger partial charge in [0.25, 0.3) is 0 Å². The van der Waals surface area contributed by atoms with Crippen LogP contribution in [-0.2, 0) is 19.4 Å². The van der Waals surface area contributed by atoms with Crippen molar-refractivity contribution >= 4 is 23.2 Å². The molecule has 2 nitrogen and oxygen atoms in total. The van der Waals surface area contributed by atoms with Gasteiger partial charge in [-0.15, -0.1) is 0 Å². The molecule has 3 rings (SSSR count). The SMILES string of the molecule is Clc1ccc(COc2ccc3c(c2)CCC3)c(Cl)n1. The standard InChI is InChI=1S/C15H13Cl2NO/c16-14-7-5-12(15(17)18-14)9-19-13-6-4-10-2-1-3-11(10)8-13/h4-8H,1-3,9H2. The van der Waals surface area contributed by atoms with Crippen LogP contribution in [0.1, 0.15) is 23.1 Å². The first-order chi connectivity index (χ1) is 9.22. The lowest BCUT2D eigenvalue weighted by Gasteiger charge is -2.09. The van der Waals surface area contributed by atoms with Crippen LogP contribution in [-0.4, -0.2) is 4.98 Å². The smallest absolute Gasteiger partial charge is 0.137 e. The summed E-state index contributed by atoms with van der Waals surface area (Å²) in [6.07, 6.45) is 3.57. The van der Waals surface area contributed by atoms with E-state index in [-0.39, 0.29) is 0 Å². The van der Waals surface area contributed by atoms with Crippen LogP contribution in [0.2, 0.25) is 10.3 Å². The summed E-state index contributed by atoms with van der Waals surface area (Å²) in [5.74, 6) is 0.881. The molecule has 0 atom stereocenters. The fourth-order valence-corrected chi connectivity index (χ4v) is 2.75. The zero-order valence-corrected chi connectivity index (χ0v) is 11.8. The molecule has 0 unspecified atom stereocenters. The quantitative estimate of drug-likeness (QED) is 0.780. The van der Waals surface area contributed by atoms with Crippen molar-refractivity contribution in [1.82, 2.24) is 4.98 Å². The number of ether oxygens (including phenoxy) is 1. The number of benzene rings is 1. The number of fused-ring (bicyclic) bond motifs is 1. The number of aryl methyl sites for hydroxylation is 2. The molecule has 0 saturated heterocycles. The number of rotatable bonds is 3. The Hall–Kier alpha value is -1.25.